The van der Waals surface area contributed by atoms with E-state index in [0.717, 1.165) is 0 Å². The molecule has 0 fully saturated rings. The Labute approximate surface area is 64.3 Å². The Kier molecular flexibility index (Phi) is 4.29. The fraction of sp³-hybridized carbons (Fsp3) is 0. The van der Waals surface area contributed by atoms with Gasteiger partial charge < -0.3 is 0 Å². The van der Waals surface area contributed by atoms with Gasteiger partial charge in [0, 0.05) is 54.3 Å². The van der Waals surface area contributed by atoms with Crippen molar-refractivity contribution in [3.63, 3.8) is 0 Å². The molecule has 0 saturated heterocycles. The zero-order chi connectivity index (χ0) is 4.24. The van der Waals surface area contributed by atoms with Crippen LogP contribution in [0.1, 0.15) is 0 Å². The summed E-state index contributed by atoms with van der Waals surface area (Å²) in [5, 5.41) is 0. The molecule has 0 aliphatic rings. The molecule has 0 N–H and O–H groups in total. The van der Waals surface area contributed by atoms with E-state index in [0.29, 0.717) is 0 Å². The van der Waals surface area contributed by atoms with Gasteiger partial charge in [0.25, 0.3) is 0 Å². The fourth-order valence-electron chi connectivity index (χ4n) is 0.253. The van der Waals surface area contributed by atoms with Crippen molar-refractivity contribution in [2.45, 2.75) is 0 Å². The Balaban J connectivity index is 0.000000360. The van der Waals surface area contributed by atoms with Crippen LogP contribution in [0, 0.1) is 0 Å². The minimum atomic E-state index is 0. The van der Waals surface area contributed by atoms with Crippen molar-refractivity contribution in [3.05, 3.63) is 24.8 Å². The molecule has 1 heterocycles. The van der Waals surface area contributed by atoms with Crippen molar-refractivity contribution in [1.29, 1.82) is 0 Å². The molecule has 0 spiro atoms. The molecule has 0 saturated carbocycles. The van der Waals surface area contributed by atoms with Gasteiger partial charge in [-0.25, -0.2) is 0 Å². The van der Waals surface area contributed by atoms with E-state index in [-0.39, 0.29) is 29.6 Å². The summed E-state index contributed by atoms with van der Waals surface area (Å²) >= 11 is 0. The van der Waals surface area contributed by atoms with Gasteiger partial charge >= 0.3 is 0 Å². The second-order valence-electron chi connectivity index (χ2n) is 0.894. The van der Waals surface area contributed by atoms with Crippen LogP contribution in [0.2, 0.25) is 0 Å². The van der Waals surface area contributed by atoms with Gasteiger partial charge in [0.05, 0.1) is 0 Å². The van der Waals surface area contributed by atoms with E-state index in [1.807, 2.05) is 0 Å². The number of aromatic nitrogens is 2. The van der Waals surface area contributed by atoms with E-state index in [1.54, 1.807) is 24.8 Å². The fourth-order valence-corrected chi connectivity index (χ4v) is 0.253. The Morgan fingerprint density at radius 2 is 1.00 bits per heavy atom. The predicted octanol–water partition coefficient (Wildman–Crippen LogP) is 0.0958. The van der Waals surface area contributed by atoms with Gasteiger partial charge in [-0.3, -0.25) is 9.97 Å². The Bertz CT molecular complexity index is 81.6. The van der Waals surface area contributed by atoms with Crippen molar-refractivity contribution in [1.82, 2.24) is 9.97 Å². The molecular formula is C4H4N2Na. The second-order valence-corrected chi connectivity index (χ2v) is 0.894. The summed E-state index contributed by atoms with van der Waals surface area (Å²) in [6, 6.07) is 0. The maximum atomic E-state index is 3.72. The third-order valence-electron chi connectivity index (χ3n) is 0.478. The molecule has 0 aliphatic heterocycles. The van der Waals surface area contributed by atoms with Crippen LogP contribution in [0.3, 0.4) is 0 Å². The van der Waals surface area contributed by atoms with E-state index in [4.69, 9.17) is 0 Å². The van der Waals surface area contributed by atoms with Crippen LogP contribution in [-0.4, -0.2) is 39.5 Å². The van der Waals surface area contributed by atoms with Gasteiger partial charge in [-0.05, 0) is 0 Å². The Hall–Kier alpha value is 0.0800. The van der Waals surface area contributed by atoms with Crippen LogP contribution < -0.4 is 0 Å². The molecule has 1 aromatic heterocycles. The third-order valence-corrected chi connectivity index (χ3v) is 0.478. The van der Waals surface area contributed by atoms with Gasteiger partial charge in [0.2, 0.25) is 0 Å². The first-order chi connectivity index (χ1) is 3.00. The first kappa shape index (κ1) is 7.08. The summed E-state index contributed by atoms with van der Waals surface area (Å²) in [5.74, 6) is 0. The molecule has 7 heavy (non-hydrogen) atoms. The molecule has 1 radical (unpaired) electrons. The average Bonchev–Trinajstić information content (AvgIpc) is 1.72. The normalized spacial score (nSPS) is 6.86. The number of hydrogen-bond acceptors (Lipinski definition) is 2. The van der Waals surface area contributed by atoms with Crippen LogP contribution in [0.15, 0.2) is 24.8 Å². The molecule has 0 bridgehead atoms. The minimum absolute atomic E-state index is 0. The summed E-state index contributed by atoms with van der Waals surface area (Å²) in [5.41, 5.74) is 0. The number of nitrogens with zero attached hydrogens (tertiary/aromatic N) is 2. The van der Waals surface area contributed by atoms with E-state index in [1.165, 1.54) is 0 Å². The SMILES string of the molecule is [Na].c1cnccn1. The van der Waals surface area contributed by atoms with Crippen LogP contribution in [0.4, 0.5) is 0 Å². The molecule has 3 heteroatoms. The minimum Gasteiger partial charge on any atom is -0.262 e. The predicted molar refractivity (Wildman–Crippen MR) is 27.8 cm³/mol. The smallest absolute Gasteiger partial charge is 0.0451 e. The van der Waals surface area contributed by atoms with Crippen LogP contribution in [-0.2, 0) is 0 Å². The van der Waals surface area contributed by atoms with Crippen LogP contribution >= 0.6 is 0 Å². The van der Waals surface area contributed by atoms with E-state index in [2.05, 4.69) is 9.97 Å². The first-order valence-electron chi connectivity index (χ1n) is 1.70. The molecule has 31 valence electrons. The van der Waals surface area contributed by atoms with E-state index >= 15 is 0 Å². The molecular weight excluding hydrogens is 99.0 g/mol. The molecule has 0 atom stereocenters. The second kappa shape index (κ2) is 4.24. The van der Waals surface area contributed by atoms with Crippen LogP contribution in [0.5, 0.6) is 0 Å². The van der Waals surface area contributed by atoms with Crippen molar-refractivity contribution in [2.24, 2.45) is 0 Å². The van der Waals surface area contributed by atoms with Crippen molar-refractivity contribution < 1.29 is 0 Å². The molecule has 0 amide bonds. The largest absolute Gasteiger partial charge is 0.262 e. The van der Waals surface area contributed by atoms with Gasteiger partial charge in [0.1, 0.15) is 0 Å². The van der Waals surface area contributed by atoms with Crippen LogP contribution in [0.25, 0.3) is 0 Å². The monoisotopic (exact) mass is 103 g/mol. The first-order valence-corrected chi connectivity index (χ1v) is 1.70. The van der Waals surface area contributed by atoms with Gasteiger partial charge in [-0.15, -0.1) is 0 Å². The van der Waals surface area contributed by atoms with Gasteiger partial charge in [0.15, 0.2) is 0 Å². The molecule has 2 nitrogen and oxygen atoms in total. The van der Waals surface area contributed by atoms with Gasteiger partial charge in [-0.2, -0.15) is 0 Å². The Morgan fingerprint density at radius 3 is 1.14 bits per heavy atom. The number of rotatable bonds is 0. The maximum absolute atomic E-state index is 3.72. The summed E-state index contributed by atoms with van der Waals surface area (Å²) in [6.45, 7) is 0. The molecule has 0 aromatic carbocycles. The number of hydrogen-bond donors (Lipinski definition) is 0. The molecule has 0 aliphatic carbocycles. The zero-order valence-corrected chi connectivity index (χ0v) is 6.20. The summed E-state index contributed by atoms with van der Waals surface area (Å²) in [7, 11) is 0. The average molecular weight is 103 g/mol. The van der Waals surface area contributed by atoms with Crippen molar-refractivity contribution in [2.75, 3.05) is 0 Å². The Morgan fingerprint density at radius 1 is 0.714 bits per heavy atom. The summed E-state index contributed by atoms with van der Waals surface area (Å²) in [6.07, 6.45) is 6.56. The topological polar surface area (TPSA) is 25.8 Å². The van der Waals surface area contributed by atoms with Gasteiger partial charge in [-0.1, -0.05) is 0 Å². The maximum Gasteiger partial charge on any atom is 0.0451 e. The third kappa shape index (κ3) is 2.74. The summed E-state index contributed by atoms with van der Waals surface area (Å²) < 4.78 is 0. The quantitative estimate of drug-likeness (QED) is 0.435. The molecule has 0 unspecified atom stereocenters. The van der Waals surface area contributed by atoms with Crippen molar-refractivity contribution >= 4 is 29.6 Å². The van der Waals surface area contributed by atoms with Crippen molar-refractivity contribution in [3.8, 4) is 0 Å². The standard InChI is InChI=1S/C4H4N2.Na/c1-2-6-4-3-5-1;/h1-4H;. The molecule has 1 aromatic rings. The van der Waals surface area contributed by atoms with E-state index in [9.17, 15) is 0 Å². The van der Waals surface area contributed by atoms with E-state index < -0.39 is 0 Å². The molecule has 1 rings (SSSR count). The zero-order valence-electron chi connectivity index (χ0n) is 4.20. The summed E-state index contributed by atoms with van der Waals surface area (Å²) in [4.78, 5) is 7.44.